The van der Waals surface area contributed by atoms with Gasteiger partial charge in [0.1, 0.15) is 5.60 Å². The molecule has 7 nitrogen and oxygen atoms in total. The lowest BCUT2D eigenvalue weighted by molar-refractivity contribution is 0.00376. The highest BCUT2D eigenvalue weighted by Crippen LogP contribution is 2.48. The summed E-state index contributed by atoms with van der Waals surface area (Å²) in [6.07, 6.45) is 1.06. The third kappa shape index (κ3) is 3.36. The molecule has 154 valence electrons. The lowest BCUT2D eigenvalue weighted by Crippen LogP contribution is -2.52. The first-order valence-corrected chi connectivity index (χ1v) is 10.9. The summed E-state index contributed by atoms with van der Waals surface area (Å²) in [5.74, 6) is 1.21. The number of piperidine rings is 1. The molecule has 0 radical (unpaired) electrons. The molecule has 2 heterocycles. The summed E-state index contributed by atoms with van der Waals surface area (Å²) in [4.78, 5) is 13.1. The second-order valence-corrected chi connectivity index (χ2v) is 9.22. The standard InChI is InChI=1S/C21H23NO6S/c1-26-18-9-8-16-17(23)14-21(28-19(16)20(18)27-2)10-12-22(13-11-21)29(24,25)15-6-4-3-5-7-15/h3-9H,10-14H2,1-2H3. The number of hydrogen-bond acceptors (Lipinski definition) is 6. The Morgan fingerprint density at radius 1 is 1.00 bits per heavy atom. The minimum atomic E-state index is -3.57. The van der Waals surface area contributed by atoms with Crippen LogP contribution in [0.2, 0.25) is 0 Å². The summed E-state index contributed by atoms with van der Waals surface area (Å²) in [5, 5.41) is 0. The maximum absolute atomic E-state index is 12.9. The molecule has 0 bridgehead atoms. The van der Waals surface area contributed by atoms with Crippen molar-refractivity contribution in [1.82, 2.24) is 4.31 Å². The van der Waals surface area contributed by atoms with Gasteiger partial charge in [-0.3, -0.25) is 4.79 Å². The van der Waals surface area contributed by atoms with Crippen LogP contribution in [0.15, 0.2) is 47.4 Å². The number of hydrogen-bond donors (Lipinski definition) is 0. The van der Waals surface area contributed by atoms with Crippen molar-refractivity contribution in [3.05, 3.63) is 48.0 Å². The van der Waals surface area contributed by atoms with Crippen molar-refractivity contribution < 1.29 is 27.4 Å². The van der Waals surface area contributed by atoms with E-state index in [4.69, 9.17) is 14.2 Å². The monoisotopic (exact) mass is 417 g/mol. The number of carbonyl (C=O) groups excluding carboxylic acids is 1. The molecule has 29 heavy (non-hydrogen) atoms. The van der Waals surface area contributed by atoms with Crippen molar-refractivity contribution in [3.63, 3.8) is 0 Å². The molecule has 0 amide bonds. The van der Waals surface area contributed by atoms with Gasteiger partial charge in [0.15, 0.2) is 17.3 Å². The summed E-state index contributed by atoms with van der Waals surface area (Å²) in [7, 11) is -0.539. The van der Waals surface area contributed by atoms with Gasteiger partial charge in [0, 0.05) is 25.9 Å². The van der Waals surface area contributed by atoms with Crippen LogP contribution >= 0.6 is 0 Å². The number of methoxy groups -OCH3 is 2. The zero-order chi connectivity index (χ0) is 20.6. The van der Waals surface area contributed by atoms with Crippen LogP contribution in [0, 0.1) is 0 Å². The summed E-state index contributed by atoms with van der Waals surface area (Å²) < 4.78 is 44.3. The van der Waals surface area contributed by atoms with Crippen LogP contribution in [0.4, 0.5) is 0 Å². The minimum Gasteiger partial charge on any atom is -0.493 e. The van der Waals surface area contributed by atoms with Crippen molar-refractivity contribution in [2.75, 3.05) is 27.3 Å². The van der Waals surface area contributed by atoms with E-state index in [-0.39, 0.29) is 30.2 Å². The Kier molecular flexibility index (Phi) is 5.00. The van der Waals surface area contributed by atoms with E-state index in [2.05, 4.69) is 0 Å². The highest BCUT2D eigenvalue weighted by molar-refractivity contribution is 7.89. The van der Waals surface area contributed by atoms with E-state index in [9.17, 15) is 13.2 Å². The number of ketones is 1. The maximum atomic E-state index is 12.9. The molecule has 0 N–H and O–H groups in total. The maximum Gasteiger partial charge on any atom is 0.243 e. The van der Waals surface area contributed by atoms with E-state index in [0.29, 0.717) is 35.7 Å². The molecule has 4 rings (SSSR count). The largest absolute Gasteiger partial charge is 0.493 e. The van der Waals surface area contributed by atoms with Crippen molar-refractivity contribution in [1.29, 1.82) is 0 Å². The Bertz CT molecular complexity index is 1030. The molecular weight excluding hydrogens is 394 g/mol. The Morgan fingerprint density at radius 2 is 1.69 bits per heavy atom. The fraction of sp³-hybridized carbons (Fsp3) is 0.381. The van der Waals surface area contributed by atoms with Gasteiger partial charge in [0.05, 0.1) is 31.1 Å². The molecule has 8 heteroatoms. The molecule has 1 saturated heterocycles. The zero-order valence-corrected chi connectivity index (χ0v) is 17.2. The van der Waals surface area contributed by atoms with Crippen LogP contribution in [0.25, 0.3) is 0 Å². The van der Waals surface area contributed by atoms with E-state index in [1.807, 2.05) is 0 Å². The van der Waals surface area contributed by atoms with E-state index < -0.39 is 15.6 Å². The highest BCUT2D eigenvalue weighted by Gasteiger charge is 2.46. The van der Waals surface area contributed by atoms with E-state index in [1.165, 1.54) is 18.5 Å². The molecule has 1 fully saturated rings. The predicted molar refractivity (Wildman–Crippen MR) is 106 cm³/mol. The smallest absolute Gasteiger partial charge is 0.243 e. The average Bonchev–Trinajstić information content (AvgIpc) is 2.73. The topological polar surface area (TPSA) is 82.1 Å². The van der Waals surface area contributed by atoms with Gasteiger partial charge in [-0.05, 0) is 24.3 Å². The molecule has 1 spiro atoms. The molecule has 0 aromatic heterocycles. The fourth-order valence-corrected chi connectivity index (χ4v) is 5.48. The number of ether oxygens (including phenoxy) is 3. The van der Waals surface area contributed by atoms with Gasteiger partial charge >= 0.3 is 0 Å². The van der Waals surface area contributed by atoms with Gasteiger partial charge in [-0.1, -0.05) is 18.2 Å². The van der Waals surface area contributed by atoms with Crippen molar-refractivity contribution >= 4 is 15.8 Å². The van der Waals surface area contributed by atoms with Gasteiger partial charge in [0.2, 0.25) is 15.8 Å². The molecule has 0 atom stereocenters. The second-order valence-electron chi connectivity index (χ2n) is 7.28. The van der Waals surface area contributed by atoms with Gasteiger partial charge in [-0.25, -0.2) is 8.42 Å². The van der Waals surface area contributed by atoms with E-state index in [1.54, 1.807) is 42.5 Å². The van der Waals surface area contributed by atoms with Crippen molar-refractivity contribution in [2.24, 2.45) is 0 Å². The number of carbonyl (C=O) groups is 1. The number of fused-ring (bicyclic) bond motifs is 1. The molecule has 0 aliphatic carbocycles. The van der Waals surface area contributed by atoms with Crippen LogP contribution in [0.1, 0.15) is 29.6 Å². The Hall–Kier alpha value is -2.58. The third-order valence-electron chi connectivity index (χ3n) is 5.62. The molecule has 2 aromatic carbocycles. The molecular formula is C21H23NO6S. The number of benzene rings is 2. The van der Waals surface area contributed by atoms with Crippen LogP contribution < -0.4 is 14.2 Å². The summed E-state index contributed by atoms with van der Waals surface area (Å²) >= 11 is 0. The van der Waals surface area contributed by atoms with Gasteiger partial charge in [0.25, 0.3) is 0 Å². The summed E-state index contributed by atoms with van der Waals surface area (Å²) in [5.41, 5.74) is -0.278. The molecule has 2 aromatic rings. The minimum absolute atomic E-state index is 0.0356. The molecule has 2 aliphatic heterocycles. The second kappa shape index (κ2) is 7.35. The molecule has 0 unspecified atom stereocenters. The van der Waals surface area contributed by atoms with Crippen molar-refractivity contribution in [3.8, 4) is 17.2 Å². The SMILES string of the molecule is COc1ccc2c(c1OC)OC1(CCN(S(=O)(=O)c3ccccc3)CC1)CC2=O. The first-order chi connectivity index (χ1) is 13.9. The Labute approximate surface area is 170 Å². The van der Waals surface area contributed by atoms with Gasteiger partial charge in [-0.15, -0.1) is 0 Å². The summed E-state index contributed by atoms with van der Waals surface area (Å²) in [6, 6.07) is 11.7. The first kappa shape index (κ1) is 19.7. The van der Waals surface area contributed by atoms with Crippen LogP contribution in [0.5, 0.6) is 17.2 Å². The highest BCUT2D eigenvalue weighted by atomic mass is 32.2. The normalized spacial score (nSPS) is 18.8. The fourth-order valence-electron chi connectivity index (χ4n) is 4.01. The molecule has 0 saturated carbocycles. The summed E-state index contributed by atoms with van der Waals surface area (Å²) in [6.45, 7) is 0.568. The lowest BCUT2D eigenvalue weighted by Gasteiger charge is -2.43. The van der Waals surface area contributed by atoms with Gasteiger partial charge in [-0.2, -0.15) is 4.31 Å². The molecule has 2 aliphatic rings. The van der Waals surface area contributed by atoms with Crippen LogP contribution in [0.3, 0.4) is 0 Å². The average molecular weight is 417 g/mol. The van der Waals surface area contributed by atoms with Crippen molar-refractivity contribution in [2.45, 2.75) is 29.8 Å². The van der Waals surface area contributed by atoms with E-state index >= 15 is 0 Å². The van der Waals surface area contributed by atoms with E-state index in [0.717, 1.165) is 0 Å². The number of Topliss-reactive ketones (excluding diaryl/α,β-unsaturated/α-hetero) is 1. The third-order valence-corrected chi connectivity index (χ3v) is 7.53. The number of rotatable bonds is 4. The number of nitrogens with zero attached hydrogens (tertiary/aromatic N) is 1. The Balaban J connectivity index is 1.59. The quantitative estimate of drug-likeness (QED) is 0.761. The number of sulfonamides is 1. The van der Waals surface area contributed by atoms with Crippen LogP contribution in [-0.4, -0.2) is 51.4 Å². The Morgan fingerprint density at radius 3 is 2.31 bits per heavy atom. The van der Waals surface area contributed by atoms with Gasteiger partial charge < -0.3 is 14.2 Å². The lowest BCUT2D eigenvalue weighted by atomic mass is 9.83. The van der Waals surface area contributed by atoms with Crippen LogP contribution in [-0.2, 0) is 10.0 Å². The predicted octanol–water partition coefficient (Wildman–Crippen LogP) is 2.89. The first-order valence-electron chi connectivity index (χ1n) is 9.43. The zero-order valence-electron chi connectivity index (χ0n) is 16.4.